The van der Waals surface area contributed by atoms with Gasteiger partial charge in [0.05, 0.1) is 12.3 Å². The van der Waals surface area contributed by atoms with Crippen LogP contribution in [0.25, 0.3) is 11.3 Å². The third-order valence-electron chi connectivity index (χ3n) is 3.62. The number of H-pyrrole nitrogens is 1. The van der Waals surface area contributed by atoms with Gasteiger partial charge in [-0.2, -0.15) is 5.10 Å². The van der Waals surface area contributed by atoms with E-state index in [2.05, 4.69) is 22.5 Å². The second-order valence-corrected chi connectivity index (χ2v) is 5.43. The summed E-state index contributed by atoms with van der Waals surface area (Å²) in [6.07, 6.45) is 6.12. The first kappa shape index (κ1) is 17.0. The van der Waals surface area contributed by atoms with E-state index in [4.69, 9.17) is 10.6 Å². The molecule has 23 heavy (non-hydrogen) atoms. The number of carbonyl (C=O) groups is 1. The fourth-order valence-corrected chi connectivity index (χ4v) is 2.28. The van der Waals surface area contributed by atoms with Gasteiger partial charge in [0.25, 0.3) is 5.91 Å². The number of hydrazine groups is 1. The average molecular weight is 316 g/mol. The molecular formula is C17H24N4O2. The highest BCUT2D eigenvalue weighted by Gasteiger charge is 2.09. The van der Waals surface area contributed by atoms with Crippen LogP contribution in [-0.2, 0) is 0 Å². The van der Waals surface area contributed by atoms with Crippen molar-refractivity contribution in [2.45, 2.75) is 39.0 Å². The zero-order valence-corrected chi connectivity index (χ0v) is 13.5. The summed E-state index contributed by atoms with van der Waals surface area (Å²) >= 11 is 0. The van der Waals surface area contributed by atoms with E-state index in [0.717, 1.165) is 24.3 Å². The molecule has 6 nitrogen and oxygen atoms in total. The summed E-state index contributed by atoms with van der Waals surface area (Å²) in [5.74, 6) is 5.54. The summed E-state index contributed by atoms with van der Waals surface area (Å²) in [7, 11) is 0. The Morgan fingerprint density at radius 3 is 2.65 bits per heavy atom. The molecular weight excluding hydrogens is 292 g/mol. The Morgan fingerprint density at radius 2 is 1.96 bits per heavy atom. The Kier molecular flexibility index (Phi) is 6.62. The van der Waals surface area contributed by atoms with Crippen LogP contribution in [0.1, 0.15) is 49.5 Å². The fourth-order valence-electron chi connectivity index (χ4n) is 2.28. The molecule has 0 aliphatic heterocycles. The summed E-state index contributed by atoms with van der Waals surface area (Å²) in [6, 6.07) is 9.34. The molecule has 1 heterocycles. The Morgan fingerprint density at radius 1 is 1.22 bits per heavy atom. The maximum atomic E-state index is 11.4. The van der Waals surface area contributed by atoms with E-state index in [9.17, 15) is 4.79 Å². The number of ether oxygens (including phenoxy) is 1. The molecule has 0 fully saturated rings. The number of aromatic amines is 1. The van der Waals surface area contributed by atoms with Crippen molar-refractivity contribution in [3.05, 3.63) is 36.0 Å². The van der Waals surface area contributed by atoms with Crippen LogP contribution in [0.2, 0.25) is 0 Å². The number of unbranched alkanes of at least 4 members (excludes halogenated alkanes) is 4. The quantitative estimate of drug-likeness (QED) is 0.287. The zero-order chi connectivity index (χ0) is 16.5. The predicted octanol–water partition coefficient (Wildman–Crippen LogP) is 3.03. The van der Waals surface area contributed by atoms with Crippen LogP contribution in [-0.4, -0.2) is 22.7 Å². The minimum atomic E-state index is -0.397. The molecule has 0 aliphatic carbocycles. The summed E-state index contributed by atoms with van der Waals surface area (Å²) in [5.41, 5.74) is 3.99. The maximum Gasteiger partial charge on any atom is 0.283 e. The van der Waals surface area contributed by atoms with Gasteiger partial charge in [-0.3, -0.25) is 15.3 Å². The lowest BCUT2D eigenvalue weighted by atomic mass is 10.1. The lowest BCUT2D eigenvalue weighted by Gasteiger charge is -2.06. The van der Waals surface area contributed by atoms with Gasteiger partial charge >= 0.3 is 0 Å². The minimum Gasteiger partial charge on any atom is -0.494 e. The van der Waals surface area contributed by atoms with Crippen LogP contribution in [0.15, 0.2) is 30.3 Å². The number of nitrogen functional groups attached to an aromatic ring is 1. The Hall–Kier alpha value is -2.34. The van der Waals surface area contributed by atoms with Crippen molar-refractivity contribution < 1.29 is 9.53 Å². The standard InChI is InChI=1S/C17H24N4O2/c1-2-3-4-5-6-11-23-14-9-7-13(8-10-14)15-12-16(21-20-15)17(22)19-18/h7-10,12H,2-6,11,18H2,1H3,(H,19,22)(H,20,21). The number of amides is 1. The SMILES string of the molecule is CCCCCCCOc1ccc(-c2cc(C(=O)NN)[nH]n2)cc1. The third-order valence-corrected chi connectivity index (χ3v) is 3.62. The van der Waals surface area contributed by atoms with Gasteiger partial charge in [0.1, 0.15) is 11.4 Å². The summed E-state index contributed by atoms with van der Waals surface area (Å²) in [4.78, 5) is 11.4. The number of hydrogen-bond donors (Lipinski definition) is 3. The second-order valence-electron chi connectivity index (χ2n) is 5.43. The van der Waals surface area contributed by atoms with Crippen molar-refractivity contribution in [1.82, 2.24) is 15.6 Å². The molecule has 0 atom stereocenters. The predicted molar refractivity (Wildman–Crippen MR) is 89.9 cm³/mol. The third kappa shape index (κ3) is 5.10. The van der Waals surface area contributed by atoms with Crippen molar-refractivity contribution in [2.75, 3.05) is 6.61 Å². The Balaban J connectivity index is 1.84. The van der Waals surface area contributed by atoms with E-state index in [0.29, 0.717) is 11.4 Å². The lowest BCUT2D eigenvalue weighted by Crippen LogP contribution is -2.30. The first-order chi connectivity index (χ1) is 11.2. The molecule has 2 rings (SSSR count). The van der Waals surface area contributed by atoms with Crippen molar-refractivity contribution >= 4 is 5.91 Å². The Bertz CT molecular complexity index is 607. The molecule has 0 bridgehead atoms. The zero-order valence-electron chi connectivity index (χ0n) is 13.5. The Labute approximate surface area is 136 Å². The first-order valence-corrected chi connectivity index (χ1v) is 8.04. The van der Waals surface area contributed by atoms with Crippen molar-refractivity contribution in [3.8, 4) is 17.0 Å². The number of hydrogen-bond acceptors (Lipinski definition) is 4. The van der Waals surface area contributed by atoms with Gasteiger partial charge in [-0.1, -0.05) is 32.6 Å². The molecule has 0 saturated carbocycles. The fraction of sp³-hybridized carbons (Fsp3) is 0.412. The first-order valence-electron chi connectivity index (χ1n) is 8.04. The van der Waals surface area contributed by atoms with Crippen LogP contribution >= 0.6 is 0 Å². The van der Waals surface area contributed by atoms with Gasteiger partial charge in [-0.25, -0.2) is 5.84 Å². The largest absolute Gasteiger partial charge is 0.494 e. The number of nitrogens with one attached hydrogen (secondary N) is 2. The van der Waals surface area contributed by atoms with Crippen molar-refractivity contribution in [1.29, 1.82) is 0 Å². The molecule has 6 heteroatoms. The molecule has 0 spiro atoms. The number of nitrogens with zero attached hydrogens (tertiary/aromatic N) is 1. The van der Waals surface area contributed by atoms with Crippen molar-refractivity contribution in [3.63, 3.8) is 0 Å². The smallest absolute Gasteiger partial charge is 0.283 e. The molecule has 0 unspecified atom stereocenters. The average Bonchev–Trinajstić information content (AvgIpc) is 3.08. The number of rotatable bonds is 9. The molecule has 0 aliphatic rings. The van der Waals surface area contributed by atoms with E-state index in [1.54, 1.807) is 6.07 Å². The van der Waals surface area contributed by atoms with E-state index in [1.807, 2.05) is 24.3 Å². The lowest BCUT2D eigenvalue weighted by molar-refractivity contribution is 0.0948. The van der Waals surface area contributed by atoms with Gasteiger partial charge in [0, 0.05) is 5.56 Å². The molecule has 0 radical (unpaired) electrons. The number of aromatic nitrogens is 2. The number of carbonyl (C=O) groups excluding carboxylic acids is 1. The van der Waals surface area contributed by atoms with Gasteiger partial charge < -0.3 is 4.74 Å². The van der Waals surface area contributed by atoms with Crippen LogP contribution in [0, 0.1) is 0 Å². The monoisotopic (exact) mass is 316 g/mol. The van der Waals surface area contributed by atoms with Crippen LogP contribution < -0.4 is 16.0 Å². The van der Waals surface area contributed by atoms with Gasteiger partial charge in [-0.15, -0.1) is 0 Å². The second kappa shape index (κ2) is 8.95. The molecule has 0 saturated heterocycles. The molecule has 1 aromatic heterocycles. The number of nitrogens with two attached hydrogens (primary N) is 1. The van der Waals surface area contributed by atoms with Gasteiger partial charge in [-0.05, 0) is 36.8 Å². The molecule has 124 valence electrons. The molecule has 4 N–H and O–H groups in total. The topological polar surface area (TPSA) is 93.0 Å². The van der Waals surface area contributed by atoms with E-state index in [1.165, 1.54) is 25.7 Å². The summed E-state index contributed by atoms with van der Waals surface area (Å²) in [5, 5.41) is 6.76. The van der Waals surface area contributed by atoms with Gasteiger partial charge in [0.2, 0.25) is 0 Å². The van der Waals surface area contributed by atoms with E-state index in [-0.39, 0.29) is 0 Å². The molecule has 1 aromatic carbocycles. The maximum absolute atomic E-state index is 11.4. The highest BCUT2D eigenvalue weighted by molar-refractivity contribution is 5.92. The number of benzene rings is 1. The van der Waals surface area contributed by atoms with E-state index < -0.39 is 5.91 Å². The highest BCUT2D eigenvalue weighted by atomic mass is 16.5. The van der Waals surface area contributed by atoms with Crippen LogP contribution in [0.5, 0.6) is 5.75 Å². The van der Waals surface area contributed by atoms with Gasteiger partial charge in [0.15, 0.2) is 0 Å². The highest BCUT2D eigenvalue weighted by Crippen LogP contribution is 2.21. The minimum absolute atomic E-state index is 0.329. The van der Waals surface area contributed by atoms with E-state index >= 15 is 0 Å². The normalized spacial score (nSPS) is 10.5. The summed E-state index contributed by atoms with van der Waals surface area (Å²) in [6.45, 7) is 2.95. The van der Waals surface area contributed by atoms with Crippen LogP contribution in [0.4, 0.5) is 0 Å². The van der Waals surface area contributed by atoms with Crippen LogP contribution in [0.3, 0.4) is 0 Å². The summed E-state index contributed by atoms with van der Waals surface area (Å²) < 4.78 is 5.73. The molecule has 2 aromatic rings. The van der Waals surface area contributed by atoms with Crippen molar-refractivity contribution in [2.24, 2.45) is 5.84 Å². The molecule has 1 amide bonds.